The molecular formula is C30H34Cl2FN3O4S. The summed E-state index contributed by atoms with van der Waals surface area (Å²) in [4.78, 5) is 28.6. The van der Waals surface area contributed by atoms with Crippen LogP contribution in [0, 0.1) is 5.82 Å². The molecule has 0 saturated carbocycles. The van der Waals surface area contributed by atoms with Gasteiger partial charge in [0.2, 0.25) is 21.8 Å². The molecule has 220 valence electrons. The van der Waals surface area contributed by atoms with E-state index in [0.717, 1.165) is 22.5 Å². The Hall–Kier alpha value is -3.14. The molecule has 2 amide bonds. The van der Waals surface area contributed by atoms with Gasteiger partial charge in [-0.3, -0.25) is 13.9 Å². The number of hydrogen-bond donors (Lipinski definition) is 1. The van der Waals surface area contributed by atoms with Crippen LogP contribution in [0.25, 0.3) is 0 Å². The van der Waals surface area contributed by atoms with Crippen LogP contribution in [-0.4, -0.2) is 50.5 Å². The first-order valence-electron chi connectivity index (χ1n) is 13.3. The lowest BCUT2D eigenvalue weighted by Crippen LogP contribution is -2.50. The molecule has 0 fully saturated rings. The molecule has 0 bridgehead atoms. The van der Waals surface area contributed by atoms with Crippen molar-refractivity contribution < 1.29 is 22.4 Å². The topological polar surface area (TPSA) is 86.8 Å². The Balaban J connectivity index is 1.88. The zero-order chi connectivity index (χ0) is 30.0. The molecule has 11 heteroatoms. The van der Waals surface area contributed by atoms with Crippen molar-refractivity contribution in [2.45, 2.75) is 45.2 Å². The van der Waals surface area contributed by atoms with Gasteiger partial charge in [0.05, 0.1) is 17.0 Å². The normalized spacial score (nSPS) is 12.0. The molecule has 0 saturated heterocycles. The molecule has 1 N–H and O–H groups in total. The fourth-order valence-corrected chi connectivity index (χ4v) is 5.77. The molecule has 0 spiro atoms. The highest BCUT2D eigenvalue weighted by Crippen LogP contribution is 2.31. The molecule has 0 aliphatic rings. The Labute approximate surface area is 251 Å². The largest absolute Gasteiger partial charge is 0.354 e. The van der Waals surface area contributed by atoms with Gasteiger partial charge in [0.25, 0.3) is 0 Å². The summed E-state index contributed by atoms with van der Waals surface area (Å²) < 4.78 is 40.0. The van der Waals surface area contributed by atoms with E-state index in [4.69, 9.17) is 23.2 Å². The van der Waals surface area contributed by atoms with Crippen LogP contribution in [0.1, 0.15) is 37.3 Å². The molecule has 0 radical (unpaired) electrons. The summed E-state index contributed by atoms with van der Waals surface area (Å²) in [5.74, 6) is -1.05. The van der Waals surface area contributed by atoms with E-state index < -0.39 is 21.9 Å². The molecule has 3 aromatic rings. The van der Waals surface area contributed by atoms with Crippen molar-refractivity contribution in [2.24, 2.45) is 0 Å². The summed E-state index contributed by atoms with van der Waals surface area (Å²) >= 11 is 12.4. The molecular weight excluding hydrogens is 588 g/mol. The molecule has 0 aliphatic carbocycles. The predicted molar refractivity (Wildman–Crippen MR) is 162 cm³/mol. The van der Waals surface area contributed by atoms with E-state index in [1.54, 1.807) is 18.2 Å². The van der Waals surface area contributed by atoms with E-state index in [0.29, 0.717) is 17.1 Å². The third kappa shape index (κ3) is 9.73. The number of carbonyl (C=O) groups is 2. The minimum absolute atomic E-state index is 0.0274. The number of nitrogens with one attached hydrogen (secondary N) is 1. The molecule has 7 nitrogen and oxygen atoms in total. The Morgan fingerprint density at radius 1 is 0.976 bits per heavy atom. The van der Waals surface area contributed by atoms with Gasteiger partial charge in [-0.15, -0.1) is 0 Å². The van der Waals surface area contributed by atoms with Crippen molar-refractivity contribution in [2.75, 3.05) is 23.7 Å². The first kappa shape index (κ1) is 32.4. The summed E-state index contributed by atoms with van der Waals surface area (Å²) in [6.45, 7) is 2.44. The summed E-state index contributed by atoms with van der Waals surface area (Å²) in [5.41, 5.74) is 1.75. The van der Waals surface area contributed by atoms with E-state index >= 15 is 0 Å². The number of hydrogen-bond acceptors (Lipinski definition) is 4. The molecule has 3 aromatic carbocycles. The predicted octanol–water partition coefficient (Wildman–Crippen LogP) is 5.85. The minimum atomic E-state index is -3.74. The summed E-state index contributed by atoms with van der Waals surface area (Å²) in [5, 5.41) is 3.43. The van der Waals surface area contributed by atoms with Gasteiger partial charge < -0.3 is 10.2 Å². The van der Waals surface area contributed by atoms with Crippen LogP contribution >= 0.6 is 23.2 Å². The third-order valence-corrected chi connectivity index (χ3v) is 8.15. The van der Waals surface area contributed by atoms with E-state index in [9.17, 15) is 22.4 Å². The zero-order valence-corrected chi connectivity index (χ0v) is 25.4. The number of nitrogens with zero attached hydrogens (tertiary/aromatic N) is 2. The number of carbonyl (C=O) groups excluding carboxylic acids is 2. The molecule has 3 rings (SSSR count). The van der Waals surface area contributed by atoms with Gasteiger partial charge in [0.1, 0.15) is 11.9 Å². The smallest absolute Gasteiger partial charge is 0.243 e. The number of anilines is 1. The summed E-state index contributed by atoms with van der Waals surface area (Å²) in [6, 6.07) is 18.8. The second-order valence-electron chi connectivity index (χ2n) is 9.68. The minimum Gasteiger partial charge on any atom is -0.354 e. The SMILES string of the molecule is CCCNC(=O)[C@@H](Cc1ccccc1)N(Cc1ccc(F)cc1)C(=O)CCCN(c1cc(Cl)ccc1Cl)S(C)(=O)=O. The average molecular weight is 623 g/mol. The van der Waals surface area contributed by atoms with Crippen LogP contribution in [0.3, 0.4) is 0 Å². The van der Waals surface area contributed by atoms with Crippen LogP contribution in [0.4, 0.5) is 10.1 Å². The van der Waals surface area contributed by atoms with E-state index in [-0.39, 0.29) is 54.9 Å². The molecule has 0 aromatic heterocycles. The monoisotopic (exact) mass is 621 g/mol. The number of sulfonamides is 1. The first-order chi connectivity index (χ1) is 19.5. The van der Waals surface area contributed by atoms with Gasteiger partial charge in [-0.05, 0) is 54.3 Å². The zero-order valence-electron chi connectivity index (χ0n) is 23.0. The average Bonchev–Trinajstić information content (AvgIpc) is 2.94. The van der Waals surface area contributed by atoms with Crippen LogP contribution < -0.4 is 9.62 Å². The first-order valence-corrected chi connectivity index (χ1v) is 15.9. The Morgan fingerprint density at radius 3 is 2.29 bits per heavy atom. The van der Waals surface area contributed by atoms with Crippen LogP contribution in [0.2, 0.25) is 10.0 Å². The third-order valence-electron chi connectivity index (χ3n) is 6.42. The van der Waals surface area contributed by atoms with Crippen molar-refractivity contribution in [1.29, 1.82) is 0 Å². The number of benzene rings is 3. The quantitative estimate of drug-likeness (QED) is 0.245. The lowest BCUT2D eigenvalue weighted by atomic mass is 10.0. The fourth-order valence-electron chi connectivity index (χ4n) is 4.37. The highest BCUT2D eigenvalue weighted by Gasteiger charge is 2.30. The van der Waals surface area contributed by atoms with Crippen LogP contribution in [0.15, 0.2) is 72.8 Å². The van der Waals surface area contributed by atoms with Gasteiger partial charge in [0.15, 0.2) is 0 Å². The summed E-state index contributed by atoms with van der Waals surface area (Å²) in [6.07, 6.45) is 2.17. The van der Waals surface area contributed by atoms with E-state index in [1.807, 2.05) is 37.3 Å². The Morgan fingerprint density at radius 2 is 1.66 bits per heavy atom. The highest BCUT2D eigenvalue weighted by atomic mass is 35.5. The summed E-state index contributed by atoms with van der Waals surface area (Å²) in [7, 11) is -3.74. The van der Waals surface area contributed by atoms with Crippen molar-refractivity contribution in [3.05, 3.63) is 99.8 Å². The van der Waals surface area contributed by atoms with Gasteiger partial charge in [0, 0.05) is 37.5 Å². The second-order valence-corrected chi connectivity index (χ2v) is 12.4. The van der Waals surface area contributed by atoms with Gasteiger partial charge in [-0.25, -0.2) is 12.8 Å². The Bertz CT molecular complexity index is 1420. The number of halogens is 3. The molecule has 0 unspecified atom stereocenters. The fraction of sp³-hybridized carbons (Fsp3) is 0.333. The van der Waals surface area contributed by atoms with E-state index in [1.165, 1.54) is 29.2 Å². The van der Waals surface area contributed by atoms with Crippen molar-refractivity contribution >= 4 is 50.7 Å². The van der Waals surface area contributed by atoms with Crippen molar-refractivity contribution in [1.82, 2.24) is 10.2 Å². The second kappa shape index (κ2) is 15.2. The van der Waals surface area contributed by atoms with Gasteiger partial charge >= 0.3 is 0 Å². The number of amides is 2. The molecule has 0 heterocycles. The molecule has 1 atom stereocenters. The van der Waals surface area contributed by atoms with Gasteiger partial charge in [-0.1, -0.05) is 72.6 Å². The lowest BCUT2D eigenvalue weighted by molar-refractivity contribution is -0.141. The maximum absolute atomic E-state index is 13.8. The van der Waals surface area contributed by atoms with Gasteiger partial charge in [-0.2, -0.15) is 0 Å². The van der Waals surface area contributed by atoms with Crippen molar-refractivity contribution in [3.63, 3.8) is 0 Å². The van der Waals surface area contributed by atoms with E-state index in [2.05, 4.69) is 5.32 Å². The highest BCUT2D eigenvalue weighted by molar-refractivity contribution is 7.92. The molecule has 41 heavy (non-hydrogen) atoms. The standard InChI is InChI=1S/C30H34Cl2FN3O4S/c1-3-17-34-30(38)28(19-22-8-5-4-6-9-22)35(21-23-11-14-25(33)15-12-23)29(37)10-7-18-36(41(2,39)40)27-20-24(31)13-16-26(27)32/h4-6,8-9,11-16,20,28H,3,7,10,17-19,21H2,1-2H3,(H,34,38)/t28-/m1/s1. The number of rotatable bonds is 14. The maximum Gasteiger partial charge on any atom is 0.243 e. The maximum atomic E-state index is 13.8. The van der Waals surface area contributed by atoms with Crippen LogP contribution in [-0.2, 0) is 32.6 Å². The Kier molecular flexibility index (Phi) is 12.0. The van der Waals surface area contributed by atoms with Crippen LogP contribution in [0.5, 0.6) is 0 Å². The lowest BCUT2D eigenvalue weighted by Gasteiger charge is -2.32. The molecule has 0 aliphatic heterocycles. The van der Waals surface area contributed by atoms with Crippen molar-refractivity contribution in [3.8, 4) is 0 Å².